The van der Waals surface area contributed by atoms with Crippen LogP contribution in [-0.4, -0.2) is 4.98 Å². The molecule has 0 spiro atoms. The Hall–Kier alpha value is -2.02. The summed E-state index contributed by atoms with van der Waals surface area (Å²) in [5, 5.41) is 1.30. The summed E-state index contributed by atoms with van der Waals surface area (Å²) in [6.45, 7) is 2.20. The highest BCUT2D eigenvalue weighted by atomic mass is 14.7. The molecular weight excluding hydrogens is 206 g/mol. The van der Waals surface area contributed by atoms with Crippen molar-refractivity contribution in [2.75, 3.05) is 0 Å². The van der Waals surface area contributed by atoms with E-state index >= 15 is 0 Å². The molecule has 3 aromatic rings. The number of H-pyrrole nitrogens is 1. The second-order valence-corrected chi connectivity index (χ2v) is 4.26. The van der Waals surface area contributed by atoms with E-state index in [2.05, 4.69) is 66.6 Å². The first kappa shape index (κ1) is 10.2. The lowest BCUT2D eigenvalue weighted by Gasteiger charge is -2.06. The number of aryl methyl sites for hydroxylation is 1. The molecule has 0 unspecified atom stereocenters. The van der Waals surface area contributed by atoms with Crippen molar-refractivity contribution in [3.63, 3.8) is 0 Å². The molecule has 1 nitrogen and oxygen atoms in total. The molecule has 0 saturated heterocycles. The van der Waals surface area contributed by atoms with Crippen molar-refractivity contribution < 1.29 is 0 Å². The van der Waals surface area contributed by atoms with Gasteiger partial charge in [0.05, 0.1) is 0 Å². The summed E-state index contributed by atoms with van der Waals surface area (Å²) in [5.74, 6) is 0. The van der Waals surface area contributed by atoms with E-state index in [1.54, 1.807) is 0 Å². The van der Waals surface area contributed by atoms with Crippen molar-refractivity contribution in [2.24, 2.45) is 0 Å². The van der Waals surface area contributed by atoms with E-state index in [1.165, 1.54) is 27.6 Å². The van der Waals surface area contributed by atoms with Gasteiger partial charge in [-0.1, -0.05) is 49.4 Å². The zero-order valence-corrected chi connectivity index (χ0v) is 9.90. The van der Waals surface area contributed by atoms with E-state index in [-0.39, 0.29) is 0 Å². The molecule has 1 aromatic heterocycles. The molecule has 0 radical (unpaired) electrons. The second kappa shape index (κ2) is 4.10. The third-order valence-electron chi connectivity index (χ3n) is 3.28. The summed E-state index contributed by atoms with van der Waals surface area (Å²) < 4.78 is 0. The number of hydrogen-bond donors (Lipinski definition) is 1. The fourth-order valence-electron chi connectivity index (χ4n) is 2.39. The van der Waals surface area contributed by atoms with E-state index in [0.717, 1.165) is 6.42 Å². The number of nitrogens with one attached hydrogen (secondary N) is 1. The molecule has 0 bridgehead atoms. The Morgan fingerprint density at radius 2 is 1.65 bits per heavy atom. The number of aromatic nitrogens is 1. The minimum atomic E-state index is 1.07. The maximum absolute atomic E-state index is 3.34. The SMILES string of the molecule is CCc1ccccc1-c1c[nH]c2ccccc12. The van der Waals surface area contributed by atoms with Gasteiger partial charge in [0, 0.05) is 22.7 Å². The van der Waals surface area contributed by atoms with Gasteiger partial charge in [0.25, 0.3) is 0 Å². The van der Waals surface area contributed by atoms with Crippen LogP contribution in [-0.2, 0) is 6.42 Å². The molecule has 84 valence electrons. The lowest BCUT2D eigenvalue weighted by atomic mass is 9.98. The van der Waals surface area contributed by atoms with Gasteiger partial charge in [0.15, 0.2) is 0 Å². The van der Waals surface area contributed by atoms with E-state index in [9.17, 15) is 0 Å². The molecule has 1 N–H and O–H groups in total. The van der Waals surface area contributed by atoms with E-state index in [0.29, 0.717) is 0 Å². The van der Waals surface area contributed by atoms with Crippen molar-refractivity contribution in [1.82, 2.24) is 4.98 Å². The molecule has 0 aliphatic rings. The fourth-order valence-corrected chi connectivity index (χ4v) is 2.39. The summed E-state index contributed by atoms with van der Waals surface area (Å²) in [6.07, 6.45) is 3.18. The monoisotopic (exact) mass is 221 g/mol. The van der Waals surface area contributed by atoms with E-state index < -0.39 is 0 Å². The van der Waals surface area contributed by atoms with Crippen LogP contribution in [0.15, 0.2) is 54.7 Å². The molecule has 3 rings (SSSR count). The number of para-hydroxylation sites is 1. The van der Waals surface area contributed by atoms with Crippen molar-refractivity contribution in [3.8, 4) is 11.1 Å². The molecule has 17 heavy (non-hydrogen) atoms. The van der Waals surface area contributed by atoms with Crippen molar-refractivity contribution >= 4 is 10.9 Å². The van der Waals surface area contributed by atoms with E-state index in [4.69, 9.17) is 0 Å². The molecule has 1 heteroatoms. The third kappa shape index (κ3) is 1.64. The quantitative estimate of drug-likeness (QED) is 0.660. The Kier molecular flexibility index (Phi) is 2.45. The van der Waals surface area contributed by atoms with Gasteiger partial charge in [0.2, 0.25) is 0 Å². The first-order valence-electron chi connectivity index (χ1n) is 6.04. The van der Waals surface area contributed by atoms with Crippen LogP contribution in [0.3, 0.4) is 0 Å². The number of fused-ring (bicyclic) bond motifs is 1. The Morgan fingerprint density at radius 3 is 2.53 bits per heavy atom. The summed E-state index contributed by atoms with van der Waals surface area (Å²) in [5.41, 5.74) is 5.25. The Morgan fingerprint density at radius 1 is 0.882 bits per heavy atom. The van der Waals surface area contributed by atoms with Gasteiger partial charge in [0.1, 0.15) is 0 Å². The lowest BCUT2D eigenvalue weighted by molar-refractivity contribution is 1.14. The van der Waals surface area contributed by atoms with Gasteiger partial charge >= 0.3 is 0 Å². The maximum Gasteiger partial charge on any atom is 0.0460 e. The standard InChI is InChI=1S/C16H15N/c1-2-12-7-3-4-8-13(12)15-11-17-16-10-6-5-9-14(15)16/h3-11,17H,2H2,1H3. The van der Waals surface area contributed by atoms with Crippen LogP contribution in [0.4, 0.5) is 0 Å². The topological polar surface area (TPSA) is 15.8 Å². The Bertz CT molecular complexity index is 649. The molecule has 0 atom stereocenters. The highest BCUT2D eigenvalue weighted by Crippen LogP contribution is 2.30. The highest BCUT2D eigenvalue weighted by molar-refractivity contribution is 5.96. The fraction of sp³-hybridized carbons (Fsp3) is 0.125. The van der Waals surface area contributed by atoms with Gasteiger partial charge in [-0.15, -0.1) is 0 Å². The van der Waals surface area contributed by atoms with Crippen LogP contribution in [0.25, 0.3) is 22.0 Å². The minimum Gasteiger partial charge on any atom is -0.361 e. The molecule has 0 amide bonds. The van der Waals surface area contributed by atoms with Crippen molar-refractivity contribution in [3.05, 3.63) is 60.3 Å². The smallest absolute Gasteiger partial charge is 0.0460 e. The number of benzene rings is 2. The Labute approximate surface area is 101 Å². The van der Waals surface area contributed by atoms with Crippen LogP contribution in [0.2, 0.25) is 0 Å². The summed E-state index contributed by atoms with van der Waals surface area (Å²) in [4.78, 5) is 3.34. The van der Waals surface area contributed by atoms with Gasteiger partial charge < -0.3 is 4.98 Å². The van der Waals surface area contributed by atoms with Gasteiger partial charge in [-0.2, -0.15) is 0 Å². The molecule has 1 heterocycles. The molecule has 0 aliphatic carbocycles. The van der Waals surface area contributed by atoms with Gasteiger partial charge in [-0.05, 0) is 23.6 Å². The van der Waals surface area contributed by atoms with Gasteiger partial charge in [-0.3, -0.25) is 0 Å². The summed E-state index contributed by atoms with van der Waals surface area (Å²) in [6, 6.07) is 17.1. The minimum absolute atomic E-state index is 1.07. The van der Waals surface area contributed by atoms with Gasteiger partial charge in [-0.25, -0.2) is 0 Å². The zero-order valence-electron chi connectivity index (χ0n) is 9.90. The van der Waals surface area contributed by atoms with Crippen LogP contribution < -0.4 is 0 Å². The first-order chi connectivity index (χ1) is 8.40. The second-order valence-electron chi connectivity index (χ2n) is 4.26. The molecule has 0 fully saturated rings. The first-order valence-corrected chi connectivity index (χ1v) is 6.04. The lowest BCUT2D eigenvalue weighted by Crippen LogP contribution is -1.85. The summed E-state index contributed by atoms with van der Waals surface area (Å²) in [7, 11) is 0. The van der Waals surface area contributed by atoms with Crippen molar-refractivity contribution in [2.45, 2.75) is 13.3 Å². The largest absolute Gasteiger partial charge is 0.361 e. The predicted molar refractivity (Wildman–Crippen MR) is 73.1 cm³/mol. The van der Waals surface area contributed by atoms with Crippen LogP contribution in [0.1, 0.15) is 12.5 Å². The van der Waals surface area contributed by atoms with Crippen LogP contribution in [0.5, 0.6) is 0 Å². The Balaban J connectivity index is 2.27. The zero-order chi connectivity index (χ0) is 11.7. The average Bonchev–Trinajstić information content (AvgIpc) is 2.82. The van der Waals surface area contributed by atoms with Crippen LogP contribution in [0, 0.1) is 0 Å². The van der Waals surface area contributed by atoms with Crippen LogP contribution >= 0.6 is 0 Å². The number of rotatable bonds is 2. The predicted octanol–water partition coefficient (Wildman–Crippen LogP) is 4.40. The highest BCUT2D eigenvalue weighted by Gasteiger charge is 2.07. The summed E-state index contributed by atoms with van der Waals surface area (Å²) >= 11 is 0. The van der Waals surface area contributed by atoms with E-state index in [1.807, 2.05) is 0 Å². The molecule has 2 aromatic carbocycles. The number of aromatic amines is 1. The molecule has 0 saturated carbocycles. The average molecular weight is 221 g/mol. The molecular formula is C16H15N. The maximum atomic E-state index is 3.34. The normalized spacial score (nSPS) is 10.9. The third-order valence-corrected chi connectivity index (χ3v) is 3.28. The molecule has 0 aliphatic heterocycles. The number of hydrogen-bond acceptors (Lipinski definition) is 0. The van der Waals surface area contributed by atoms with Crippen molar-refractivity contribution in [1.29, 1.82) is 0 Å².